The first-order valence-electron chi connectivity index (χ1n) is 8.42. The van der Waals surface area contributed by atoms with Crippen LogP contribution in [0.2, 0.25) is 0 Å². The number of nitrogens with one attached hydrogen (secondary N) is 2. The molecule has 0 amide bonds. The molecule has 0 atom stereocenters. The number of rotatable bonds is 4. The molecule has 6 heteroatoms. The van der Waals surface area contributed by atoms with Gasteiger partial charge in [-0.2, -0.15) is 0 Å². The van der Waals surface area contributed by atoms with Crippen molar-refractivity contribution in [3.05, 3.63) is 47.1 Å². The highest BCUT2D eigenvalue weighted by Crippen LogP contribution is 2.24. The van der Waals surface area contributed by atoms with Gasteiger partial charge < -0.3 is 15.5 Å². The molecular weight excluding hydrogens is 318 g/mol. The van der Waals surface area contributed by atoms with Crippen molar-refractivity contribution in [2.45, 2.75) is 32.4 Å². The van der Waals surface area contributed by atoms with Crippen molar-refractivity contribution in [1.29, 1.82) is 0 Å². The zero-order chi connectivity index (χ0) is 16.8. The molecular formula is C18H25N5S. The van der Waals surface area contributed by atoms with E-state index in [2.05, 4.69) is 56.0 Å². The lowest BCUT2D eigenvalue weighted by atomic mass is 10.1. The summed E-state index contributed by atoms with van der Waals surface area (Å²) in [4.78, 5) is 11.2. The smallest absolute Gasteiger partial charge is 0.191 e. The van der Waals surface area contributed by atoms with E-state index in [9.17, 15) is 0 Å². The predicted octanol–water partition coefficient (Wildman–Crippen LogP) is 2.79. The van der Waals surface area contributed by atoms with Crippen molar-refractivity contribution in [3.8, 4) is 0 Å². The average Bonchev–Trinajstić information content (AvgIpc) is 3.15. The van der Waals surface area contributed by atoms with E-state index in [0.717, 1.165) is 37.6 Å². The van der Waals surface area contributed by atoms with Crippen LogP contribution >= 0.6 is 11.3 Å². The minimum absolute atomic E-state index is 0.470. The van der Waals surface area contributed by atoms with Crippen LogP contribution in [0.1, 0.15) is 24.1 Å². The van der Waals surface area contributed by atoms with Gasteiger partial charge in [-0.25, -0.2) is 0 Å². The van der Waals surface area contributed by atoms with E-state index in [1.165, 1.54) is 10.6 Å². The zero-order valence-electron chi connectivity index (χ0n) is 14.3. The third kappa shape index (κ3) is 4.26. The molecule has 1 aliphatic rings. The molecule has 1 fully saturated rings. The van der Waals surface area contributed by atoms with Gasteiger partial charge in [-0.15, -0.1) is 11.3 Å². The van der Waals surface area contributed by atoms with Gasteiger partial charge >= 0.3 is 0 Å². The highest BCUT2D eigenvalue weighted by molar-refractivity contribution is 7.14. The maximum Gasteiger partial charge on any atom is 0.191 e. The SMILES string of the molecule is CN=C(NCc1ncccc1C)NC1CCN(c2cccs2)CC1. The molecule has 0 bridgehead atoms. The fourth-order valence-electron chi connectivity index (χ4n) is 2.95. The molecule has 2 N–H and O–H groups in total. The number of anilines is 1. The summed E-state index contributed by atoms with van der Waals surface area (Å²) < 4.78 is 0. The van der Waals surface area contributed by atoms with E-state index in [1.54, 1.807) is 0 Å². The van der Waals surface area contributed by atoms with Gasteiger partial charge in [0.25, 0.3) is 0 Å². The second-order valence-electron chi connectivity index (χ2n) is 6.05. The molecule has 0 unspecified atom stereocenters. The maximum atomic E-state index is 4.42. The molecule has 1 saturated heterocycles. The Labute approximate surface area is 147 Å². The number of aromatic nitrogens is 1. The third-order valence-electron chi connectivity index (χ3n) is 4.42. The lowest BCUT2D eigenvalue weighted by molar-refractivity contribution is 0.462. The quantitative estimate of drug-likeness (QED) is 0.662. The Morgan fingerprint density at radius 2 is 2.17 bits per heavy atom. The first-order chi connectivity index (χ1) is 11.8. The van der Waals surface area contributed by atoms with E-state index in [0.29, 0.717) is 12.6 Å². The maximum absolute atomic E-state index is 4.42. The van der Waals surface area contributed by atoms with Gasteiger partial charge in [-0.1, -0.05) is 6.07 Å². The summed E-state index contributed by atoms with van der Waals surface area (Å²) in [6.45, 7) is 4.96. The molecule has 128 valence electrons. The van der Waals surface area contributed by atoms with Crippen LogP contribution in [0.25, 0.3) is 0 Å². The summed E-state index contributed by atoms with van der Waals surface area (Å²) in [7, 11) is 1.82. The normalized spacial score (nSPS) is 16.2. The molecule has 0 spiro atoms. The van der Waals surface area contributed by atoms with Crippen LogP contribution in [0.3, 0.4) is 0 Å². The number of aliphatic imine (C=N–C) groups is 1. The highest BCUT2D eigenvalue weighted by Gasteiger charge is 2.20. The van der Waals surface area contributed by atoms with Gasteiger partial charge in [0.05, 0.1) is 17.2 Å². The Morgan fingerprint density at radius 1 is 1.33 bits per heavy atom. The van der Waals surface area contributed by atoms with E-state index in [1.807, 2.05) is 30.6 Å². The Kier molecular flexibility index (Phi) is 5.69. The number of hydrogen-bond acceptors (Lipinski definition) is 4. The van der Waals surface area contributed by atoms with Crippen LogP contribution in [0.4, 0.5) is 5.00 Å². The van der Waals surface area contributed by atoms with Crippen molar-refractivity contribution in [2.75, 3.05) is 25.0 Å². The topological polar surface area (TPSA) is 52.6 Å². The number of piperidine rings is 1. The van der Waals surface area contributed by atoms with Gasteiger partial charge in [0, 0.05) is 32.4 Å². The molecule has 3 rings (SSSR count). The van der Waals surface area contributed by atoms with Crippen LogP contribution in [0, 0.1) is 6.92 Å². The van der Waals surface area contributed by atoms with Crippen LogP contribution in [-0.4, -0.2) is 37.1 Å². The summed E-state index contributed by atoms with van der Waals surface area (Å²) >= 11 is 1.82. The van der Waals surface area contributed by atoms with E-state index < -0.39 is 0 Å². The minimum Gasteiger partial charge on any atom is -0.363 e. The number of hydrogen-bond donors (Lipinski definition) is 2. The minimum atomic E-state index is 0.470. The van der Waals surface area contributed by atoms with Crippen LogP contribution in [0.5, 0.6) is 0 Å². The van der Waals surface area contributed by atoms with Gasteiger partial charge in [0.2, 0.25) is 0 Å². The largest absolute Gasteiger partial charge is 0.363 e. The second kappa shape index (κ2) is 8.15. The Balaban J connectivity index is 1.47. The van der Waals surface area contributed by atoms with Crippen molar-refractivity contribution in [3.63, 3.8) is 0 Å². The summed E-state index contributed by atoms with van der Waals surface area (Å²) in [5.74, 6) is 0.856. The van der Waals surface area contributed by atoms with Crippen molar-refractivity contribution >= 4 is 22.3 Å². The van der Waals surface area contributed by atoms with Crippen LogP contribution < -0.4 is 15.5 Å². The summed E-state index contributed by atoms with van der Waals surface area (Å²) in [6.07, 6.45) is 4.09. The zero-order valence-corrected chi connectivity index (χ0v) is 15.1. The molecule has 0 radical (unpaired) electrons. The molecule has 2 aromatic heterocycles. The third-order valence-corrected chi connectivity index (χ3v) is 5.35. The number of guanidine groups is 1. The first-order valence-corrected chi connectivity index (χ1v) is 9.30. The van der Waals surface area contributed by atoms with Gasteiger partial charge in [0.15, 0.2) is 5.96 Å². The second-order valence-corrected chi connectivity index (χ2v) is 6.98. The fraction of sp³-hybridized carbons (Fsp3) is 0.444. The number of nitrogens with zero attached hydrogens (tertiary/aromatic N) is 3. The Morgan fingerprint density at radius 3 is 2.83 bits per heavy atom. The van der Waals surface area contributed by atoms with E-state index in [4.69, 9.17) is 0 Å². The summed E-state index contributed by atoms with van der Waals surface area (Å²) in [5, 5.41) is 10.4. The van der Waals surface area contributed by atoms with Gasteiger partial charge in [-0.05, 0) is 48.9 Å². The van der Waals surface area contributed by atoms with E-state index >= 15 is 0 Å². The van der Waals surface area contributed by atoms with Crippen molar-refractivity contribution in [2.24, 2.45) is 4.99 Å². The monoisotopic (exact) mass is 343 g/mol. The van der Waals surface area contributed by atoms with Crippen molar-refractivity contribution in [1.82, 2.24) is 15.6 Å². The number of thiophene rings is 1. The fourth-order valence-corrected chi connectivity index (χ4v) is 3.74. The van der Waals surface area contributed by atoms with Gasteiger partial charge in [0.1, 0.15) is 0 Å². The first kappa shape index (κ1) is 16.8. The molecule has 2 aromatic rings. The lowest BCUT2D eigenvalue weighted by Crippen LogP contribution is -2.48. The number of pyridine rings is 1. The van der Waals surface area contributed by atoms with Gasteiger partial charge in [-0.3, -0.25) is 9.98 Å². The molecule has 0 aliphatic carbocycles. The molecule has 1 aliphatic heterocycles. The van der Waals surface area contributed by atoms with Crippen LogP contribution in [0.15, 0.2) is 40.8 Å². The summed E-state index contributed by atoms with van der Waals surface area (Å²) in [6, 6.07) is 8.84. The Hall–Kier alpha value is -2.08. The molecule has 0 saturated carbocycles. The highest BCUT2D eigenvalue weighted by atomic mass is 32.1. The van der Waals surface area contributed by atoms with Crippen LogP contribution in [-0.2, 0) is 6.54 Å². The lowest BCUT2D eigenvalue weighted by Gasteiger charge is -2.33. The van der Waals surface area contributed by atoms with Crippen molar-refractivity contribution < 1.29 is 0 Å². The molecule has 3 heterocycles. The molecule has 0 aromatic carbocycles. The average molecular weight is 344 g/mol. The Bertz CT molecular complexity index is 660. The predicted molar refractivity (Wildman–Crippen MR) is 102 cm³/mol. The van der Waals surface area contributed by atoms with E-state index in [-0.39, 0.29) is 0 Å². The number of aryl methyl sites for hydroxylation is 1. The summed E-state index contributed by atoms with van der Waals surface area (Å²) in [5.41, 5.74) is 2.26. The standard InChI is InChI=1S/C18H25N5S/c1-14-5-3-9-20-16(14)13-21-18(19-2)22-15-7-10-23(11-8-15)17-6-4-12-24-17/h3-6,9,12,15H,7-8,10-11,13H2,1-2H3,(H2,19,21,22). The molecule has 5 nitrogen and oxygen atoms in total. The molecule has 24 heavy (non-hydrogen) atoms.